The summed E-state index contributed by atoms with van der Waals surface area (Å²) in [5, 5.41) is 0. The molecule has 38 heavy (non-hydrogen) atoms. The number of hydrogen-bond acceptors (Lipinski definition) is 5. The molecule has 198 valence electrons. The van der Waals surface area contributed by atoms with Gasteiger partial charge in [-0.1, -0.05) is 54.6 Å². The first-order valence-corrected chi connectivity index (χ1v) is 11.3. The van der Waals surface area contributed by atoms with Crippen LogP contribution in [0.3, 0.4) is 0 Å². The molecule has 0 bridgehead atoms. The van der Waals surface area contributed by atoms with Crippen LogP contribution in [-0.2, 0) is 18.3 Å². The highest BCUT2D eigenvalue weighted by molar-refractivity contribution is 5.48. The van der Waals surface area contributed by atoms with Gasteiger partial charge in [0.05, 0.1) is 0 Å². The zero-order valence-corrected chi connectivity index (χ0v) is 19.6. The fraction of sp³-hybridized carbons (Fsp3) is 0.185. The highest BCUT2D eigenvalue weighted by Crippen LogP contribution is 2.42. The molecule has 2 N–H and O–H groups in total. The fourth-order valence-electron chi connectivity index (χ4n) is 4.38. The summed E-state index contributed by atoms with van der Waals surface area (Å²) in [5.74, 6) is -0.978. The van der Waals surface area contributed by atoms with Gasteiger partial charge in [0.1, 0.15) is 11.5 Å². The molecule has 4 rings (SSSR count). The SMILES string of the molecule is Nc1nccc(CC(Cc2ccccc2)(c2cccc(OC(F)(F)F)c2)c2cccc(OC(F)(F)F)c2)n1. The third kappa shape index (κ3) is 6.93. The third-order valence-electron chi connectivity index (χ3n) is 5.80. The van der Waals surface area contributed by atoms with Crippen LogP contribution in [0.5, 0.6) is 11.5 Å². The van der Waals surface area contributed by atoms with E-state index in [-0.39, 0.29) is 18.8 Å². The number of hydrogen-bond donors (Lipinski definition) is 1. The summed E-state index contributed by atoms with van der Waals surface area (Å²) in [4.78, 5) is 8.14. The largest absolute Gasteiger partial charge is 0.573 e. The quantitative estimate of drug-likeness (QED) is 0.258. The number of halogens is 6. The van der Waals surface area contributed by atoms with Gasteiger partial charge in [-0.2, -0.15) is 0 Å². The predicted molar refractivity (Wildman–Crippen MR) is 127 cm³/mol. The maximum absolute atomic E-state index is 13.1. The van der Waals surface area contributed by atoms with E-state index in [2.05, 4.69) is 19.4 Å². The van der Waals surface area contributed by atoms with Gasteiger partial charge in [-0.3, -0.25) is 0 Å². The lowest BCUT2D eigenvalue weighted by atomic mass is 9.67. The second-order valence-corrected chi connectivity index (χ2v) is 8.48. The Morgan fingerprint density at radius 3 is 1.71 bits per heavy atom. The standard InChI is InChI=1S/C27H21F6N3O2/c28-26(29,30)37-22-10-4-8-19(14-22)25(16-18-6-2-1-3-7-18,17-21-12-13-35-24(34)36-21)20-9-5-11-23(15-20)38-27(31,32)33/h1-15H,16-17H2,(H2,34,35,36). The molecule has 0 atom stereocenters. The van der Waals surface area contributed by atoms with Crippen LogP contribution in [0.1, 0.15) is 22.4 Å². The molecule has 0 unspecified atom stereocenters. The maximum atomic E-state index is 13.1. The van der Waals surface area contributed by atoms with E-state index >= 15 is 0 Å². The van der Waals surface area contributed by atoms with E-state index in [0.717, 1.165) is 17.7 Å². The molecule has 1 aromatic heterocycles. The molecule has 11 heteroatoms. The summed E-state index contributed by atoms with van der Waals surface area (Å²) in [6, 6.07) is 21.3. The Bertz CT molecular complexity index is 1320. The molecule has 3 aromatic carbocycles. The number of rotatable bonds is 8. The minimum absolute atomic E-state index is 0.0283. The number of alkyl halides is 6. The number of nitrogens with zero attached hydrogens (tertiary/aromatic N) is 2. The highest BCUT2D eigenvalue weighted by atomic mass is 19.4. The van der Waals surface area contributed by atoms with Crippen LogP contribution in [0.25, 0.3) is 0 Å². The van der Waals surface area contributed by atoms with Gasteiger partial charge >= 0.3 is 12.7 Å². The average molecular weight is 533 g/mol. The van der Waals surface area contributed by atoms with Crippen LogP contribution in [-0.4, -0.2) is 22.7 Å². The number of benzene rings is 3. The lowest BCUT2D eigenvalue weighted by molar-refractivity contribution is -0.275. The first kappa shape index (κ1) is 26.8. The fourth-order valence-corrected chi connectivity index (χ4v) is 4.38. The van der Waals surface area contributed by atoms with Gasteiger partial charge in [0.15, 0.2) is 0 Å². The second-order valence-electron chi connectivity index (χ2n) is 8.48. The van der Waals surface area contributed by atoms with E-state index in [1.807, 2.05) is 12.1 Å². The summed E-state index contributed by atoms with van der Waals surface area (Å²) in [6.07, 6.45) is -8.22. The zero-order chi connectivity index (χ0) is 27.4. The zero-order valence-electron chi connectivity index (χ0n) is 19.6. The Morgan fingerprint density at radius 1 is 0.658 bits per heavy atom. The monoisotopic (exact) mass is 533 g/mol. The Balaban J connectivity index is 1.96. The molecule has 0 aliphatic rings. The summed E-state index contributed by atoms with van der Waals surface area (Å²) >= 11 is 0. The van der Waals surface area contributed by atoms with Crippen LogP contribution in [0, 0.1) is 0 Å². The van der Waals surface area contributed by atoms with Crippen LogP contribution in [0.4, 0.5) is 32.3 Å². The summed E-state index contributed by atoms with van der Waals surface area (Å²) in [5.41, 5.74) is 6.47. The van der Waals surface area contributed by atoms with E-state index in [9.17, 15) is 26.3 Å². The van der Waals surface area contributed by atoms with Gasteiger partial charge < -0.3 is 15.2 Å². The molecule has 5 nitrogen and oxygen atoms in total. The lowest BCUT2D eigenvalue weighted by Gasteiger charge is -2.36. The van der Waals surface area contributed by atoms with Gasteiger partial charge in [-0.05, 0) is 53.4 Å². The van der Waals surface area contributed by atoms with Gasteiger partial charge in [-0.15, -0.1) is 26.3 Å². The maximum Gasteiger partial charge on any atom is 0.573 e. The molecule has 0 radical (unpaired) electrons. The lowest BCUT2D eigenvalue weighted by Crippen LogP contribution is -2.34. The van der Waals surface area contributed by atoms with Crippen molar-refractivity contribution in [3.8, 4) is 11.5 Å². The number of ether oxygens (including phenoxy) is 2. The number of nitrogens with two attached hydrogens (primary N) is 1. The van der Waals surface area contributed by atoms with Gasteiger partial charge in [-0.25, -0.2) is 9.97 Å². The molecule has 0 fully saturated rings. The Hall–Kier alpha value is -4.28. The molecule has 4 aromatic rings. The highest BCUT2D eigenvalue weighted by Gasteiger charge is 2.38. The van der Waals surface area contributed by atoms with Crippen molar-refractivity contribution >= 4 is 5.95 Å². The molecule has 0 amide bonds. The van der Waals surface area contributed by atoms with Crippen molar-refractivity contribution in [2.24, 2.45) is 0 Å². The molecule has 0 spiro atoms. The second kappa shape index (κ2) is 10.6. The smallest absolute Gasteiger partial charge is 0.406 e. The summed E-state index contributed by atoms with van der Waals surface area (Å²) in [7, 11) is 0. The molecule has 0 aliphatic carbocycles. The molecule has 0 saturated heterocycles. The molecule has 0 saturated carbocycles. The summed E-state index contributed by atoms with van der Waals surface area (Å²) < 4.78 is 86.7. The van der Waals surface area contributed by atoms with Crippen molar-refractivity contribution in [2.45, 2.75) is 31.0 Å². The van der Waals surface area contributed by atoms with Crippen molar-refractivity contribution < 1.29 is 35.8 Å². The van der Waals surface area contributed by atoms with Crippen LogP contribution < -0.4 is 15.2 Å². The van der Waals surface area contributed by atoms with Crippen molar-refractivity contribution in [1.29, 1.82) is 0 Å². The van der Waals surface area contributed by atoms with E-state index in [0.29, 0.717) is 16.8 Å². The van der Waals surface area contributed by atoms with E-state index < -0.39 is 29.6 Å². The topological polar surface area (TPSA) is 70.3 Å². The molecule has 0 aliphatic heterocycles. The van der Waals surface area contributed by atoms with Crippen LogP contribution in [0.15, 0.2) is 91.1 Å². The van der Waals surface area contributed by atoms with Crippen molar-refractivity contribution in [2.75, 3.05) is 5.73 Å². The molecular formula is C27H21F6N3O2. The van der Waals surface area contributed by atoms with Crippen molar-refractivity contribution in [3.63, 3.8) is 0 Å². The summed E-state index contributed by atoms with van der Waals surface area (Å²) in [6.45, 7) is 0. The van der Waals surface area contributed by atoms with Crippen molar-refractivity contribution in [3.05, 3.63) is 114 Å². The number of aromatic nitrogens is 2. The van der Waals surface area contributed by atoms with E-state index in [4.69, 9.17) is 5.73 Å². The van der Waals surface area contributed by atoms with Crippen LogP contribution in [0.2, 0.25) is 0 Å². The normalized spacial score (nSPS) is 12.3. The first-order valence-electron chi connectivity index (χ1n) is 11.3. The Morgan fingerprint density at radius 2 is 1.21 bits per heavy atom. The predicted octanol–water partition coefficient (Wildman–Crippen LogP) is 6.63. The Labute approximate surface area is 213 Å². The van der Waals surface area contributed by atoms with E-state index in [1.165, 1.54) is 30.5 Å². The Kier molecular flexibility index (Phi) is 7.47. The number of nitrogen functional groups attached to an aromatic ring is 1. The number of anilines is 1. The first-order chi connectivity index (χ1) is 17.9. The van der Waals surface area contributed by atoms with Gasteiger partial charge in [0, 0.05) is 23.7 Å². The molecule has 1 heterocycles. The van der Waals surface area contributed by atoms with Gasteiger partial charge in [0.2, 0.25) is 5.95 Å². The van der Waals surface area contributed by atoms with Crippen LogP contribution >= 0.6 is 0 Å². The van der Waals surface area contributed by atoms with Gasteiger partial charge in [0.25, 0.3) is 0 Å². The minimum atomic E-state index is -4.94. The average Bonchev–Trinajstić information content (AvgIpc) is 2.82. The third-order valence-corrected chi connectivity index (χ3v) is 5.80. The van der Waals surface area contributed by atoms with Crippen molar-refractivity contribution in [1.82, 2.24) is 9.97 Å². The minimum Gasteiger partial charge on any atom is -0.406 e. The van der Waals surface area contributed by atoms with E-state index in [1.54, 1.807) is 36.4 Å². The molecular weight excluding hydrogens is 512 g/mol.